The van der Waals surface area contributed by atoms with E-state index >= 15 is 0 Å². The average Bonchev–Trinajstić information content (AvgIpc) is 2.92. The van der Waals surface area contributed by atoms with Crippen molar-refractivity contribution in [2.75, 3.05) is 0 Å². The van der Waals surface area contributed by atoms with E-state index in [0.29, 0.717) is 0 Å². The first kappa shape index (κ1) is 16.1. The molecule has 0 radical (unpaired) electrons. The molecule has 0 N–H and O–H groups in total. The van der Waals surface area contributed by atoms with Crippen molar-refractivity contribution in [3.63, 3.8) is 0 Å². The number of nitrogens with zero attached hydrogens (tertiary/aromatic N) is 4. The predicted molar refractivity (Wildman–Crippen MR) is 98.5 cm³/mol. The number of hydrogen-bond donors (Lipinski definition) is 0. The summed E-state index contributed by atoms with van der Waals surface area (Å²) in [4.78, 5) is 13.7. The van der Waals surface area contributed by atoms with Crippen molar-refractivity contribution in [1.82, 2.24) is 19.5 Å². The van der Waals surface area contributed by atoms with Crippen LogP contribution in [0.15, 0.2) is 42.6 Å². The fourth-order valence-corrected chi connectivity index (χ4v) is 2.83. The van der Waals surface area contributed by atoms with Crippen molar-refractivity contribution in [3.05, 3.63) is 59.8 Å². The predicted octanol–water partition coefficient (Wildman–Crippen LogP) is 4.81. The number of allylic oxidation sites excluding steroid dienone is 2. The van der Waals surface area contributed by atoms with Gasteiger partial charge in [0.2, 0.25) is 0 Å². The highest BCUT2D eigenvalue weighted by molar-refractivity contribution is 5.80. The van der Waals surface area contributed by atoms with Gasteiger partial charge in [-0.3, -0.25) is 4.57 Å². The highest BCUT2D eigenvalue weighted by Crippen LogP contribution is 2.33. The van der Waals surface area contributed by atoms with Crippen LogP contribution in [0.3, 0.4) is 0 Å². The lowest BCUT2D eigenvalue weighted by Crippen LogP contribution is -2.01. The molecule has 0 unspecified atom stereocenters. The van der Waals surface area contributed by atoms with Crippen molar-refractivity contribution in [2.45, 2.75) is 34.6 Å². The summed E-state index contributed by atoms with van der Waals surface area (Å²) in [5, 5.41) is 0. The van der Waals surface area contributed by atoms with Crippen LogP contribution in [0.1, 0.15) is 31.1 Å². The normalized spacial score (nSPS) is 11.8. The molecule has 0 amide bonds. The van der Waals surface area contributed by atoms with Gasteiger partial charge in [0.25, 0.3) is 0 Å². The van der Waals surface area contributed by atoms with Gasteiger partial charge in [0.1, 0.15) is 11.6 Å². The first-order valence-electron chi connectivity index (χ1n) is 8.11. The third-order valence-corrected chi connectivity index (χ3v) is 4.16. The molecule has 3 aromatic rings. The SMILES string of the molecule is C/C=C(/C)n1c(C)nc(-c2ccc(C)cc2)c1-c1ccnc(C)n1. The molecule has 2 aromatic heterocycles. The number of hydrogen-bond acceptors (Lipinski definition) is 3. The average molecular weight is 318 g/mol. The second-order valence-corrected chi connectivity index (χ2v) is 5.98. The van der Waals surface area contributed by atoms with E-state index in [1.807, 2.05) is 26.8 Å². The van der Waals surface area contributed by atoms with E-state index in [0.717, 1.165) is 40.0 Å². The Morgan fingerprint density at radius 1 is 1.00 bits per heavy atom. The Kier molecular flexibility index (Phi) is 4.30. The Morgan fingerprint density at radius 3 is 2.33 bits per heavy atom. The third kappa shape index (κ3) is 2.87. The van der Waals surface area contributed by atoms with Gasteiger partial charge in [-0.05, 0) is 40.7 Å². The molecular weight excluding hydrogens is 296 g/mol. The monoisotopic (exact) mass is 318 g/mol. The molecule has 4 heteroatoms. The molecule has 0 aliphatic rings. The van der Waals surface area contributed by atoms with E-state index in [2.05, 4.69) is 58.7 Å². The maximum absolute atomic E-state index is 4.85. The molecule has 0 bridgehead atoms. The van der Waals surface area contributed by atoms with E-state index in [9.17, 15) is 0 Å². The van der Waals surface area contributed by atoms with Gasteiger partial charge in [0, 0.05) is 17.5 Å². The third-order valence-electron chi connectivity index (χ3n) is 4.16. The van der Waals surface area contributed by atoms with Crippen LogP contribution in [0.4, 0.5) is 0 Å². The van der Waals surface area contributed by atoms with Gasteiger partial charge in [-0.25, -0.2) is 15.0 Å². The van der Waals surface area contributed by atoms with E-state index in [1.54, 1.807) is 6.20 Å². The van der Waals surface area contributed by atoms with Gasteiger partial charge in [0.05, 0.1) is 17.1 Å². The van der Waals surface area contributed by atoms with Gasteiger partial charge in [0.15, 0.2) is 0 Å². The summed E-state index contributed by atoms with van der Waals surface area (Å²) in [6.45, 7) is 10.2. The zero-order valence-electron chi connectivity index (χ0n) is 14.8. The van der Waals surface area contributed by atoms with Gasteiger partial charge in [-0.2, -0.15) is 0 Å². The van der Waals surface area contributed by atoms with E-state index in [-0.39, 0.29) is 0 Å². The minimum atomic E-state index is 0.755. The molecule has 4 nitrogen and oxygen atoms in total. The lowest BCUT2D eigenvalue weighted by molar-refractivity contribution is 0.977. The quantitative estimate of drug-likeness (QED) is 0.696. The Hall–Kier alpha value is -2.75. The molecule has 1 aromatic carbocycles. The van der Waals surface area contributed by atoms with Crippen LogP contribution >= 0.6 is 0 Å². The van der Waals surface area contributed by atoms with Gasteiger partial charge in [-0.1, -0.05) is 35.9 Å². The van der Waals surface area contributed by atoms with Crippen molar-refractivity contribution in [3.8, 4) is 22.6 Å². The summed E-state index contributed by atoms with van der Waals surface area (Å²) >= 11 is 0. The number of rotatable bonds is 3. The molecule has 0 spiro atoms. The van der Waals surface area contributed by atoms with Gasteiger partial charge in [-0.15, -0.1) is 0 Å². The summed E-state index contributed by atoms with van der Waals surface area (Å²) in [5.74, 6) is 1.71. The van der Waals surface area contributed by atoms with Crippen molar-refractivity contribution < 1.29 is 0 Å². The minimum Gasteiger partial charge on any atom is -0.299 e. The lowest BCUT2D eigenvalue weighted by atomic mass is 10.1. The summed E-state index contributed by atoms with van der Waals surface area (Å²) in [6, 6.07) is 10.4. The van der Waals surface area contributed by atoms with Crippen molar-refractivity contribution in [2.24, 2.45) is 0 Å². The maximum atomic E-state index is 4.85. The van der Waals surface area contributed by atoms with E-state index < -0.39 is 0 Å². The molecule has 0 fully saturated rings. The summed E-state index contributed by atoms with van der Waals surface area (Å²) in [6.07, 6.45) is 3.89. The molecule has 3 rings (SSSR count). The second kappa shape index (κ2) is 6.40. The second-order valence-electron chi connectivity index (χ2n) is 5.98. The van der Waals surface area contributed by atoms with Crippen LogP contribution in [0, 0.1) is 20.8 Å². The summed E-state index contributed by atoms with van der Waals surface area (Å²) in [5.41, 5.74) is 6.31. The van der Waals surface area contributed by atoms with Crippen LogP contribution in [-0.4, -0.2) is 19.5 Å². The molecule has 24 heavy (non-hydrogen) atoms. The lowest BCUT2D eigenvalue weighted by Gasteiger charge is -2.12. The van der Waals surface area contributed by atoms with Crippen LogP contribution < -0.4 is 0 Å². The fourth-order valence-electron chi connectivity index (χ4n) is 2.83. The van der Waals surface area contributed by atoms with Crippen LogP contribution in [0.25, 0.3) is 28.3 Å². The molecule has 2 heterocycles. The Morgan fingerprint density at radius 2 is 1.71 bits per heavy atom. The highest BCUT2D eigenvalue weighted by atomic mass is 15.1. The zero-order chi connectivity index (χ0) is 17.3. The van der Waals surface area contributed by atoms with Crippen molar-refractivity contribution in [1.29, 1.82) is 0 Å². The minimum absolute atomic E-state index is 0.755. The van der Waals surface area contributed by atoms with Gasteiger partial charge < -0.3 is 0 Å². The molecule has 0 saturated carbocycles. The largest absolute Gasteiger partial charge is 0.299 e. The van der Waals surface area contributed by atoms with Crippen molar-refractivity contribution >= 4 is 5.70 Å². The molecule has 0 aliphatic carbocycles. The highest BCUT2D eigenvalue weighted by Gasteiger charge is 2.20. The molecular formula is C20H22N4. The van der Waals surface area contributed by atoms with Crippen LogP contribution in [0.2, 0.25) is 0 Å². The van der Waals surface area contributed by atoms with Crippen LogP contribution in [0.5, 0.6) is 0 Å². The maximum Gasteiger partial charge on any atom is 0.125 e. The summed E-state index contributed by atoms with van der Waals surface area (Å²) in [7, 11) is 0. The Bertz CT molecular complexity index is 902. The zero-order valence-corrected chi connectivity index (χ0v) is 14.8. The van der Waals surface area contributed by atoms with E-state index in [1.165, 1.54) is 5.56 Å². The number of benzene rings is 1. The Labute approximate surface area is 142 Å². The number of aryl methyl sites for hydroxylation is 3. The smallest absolute Gasteiger partial charge is 0.125 e. The first-order valence-corrected chi connectivity index (χ1v) is 8.11. The fraction of sp³-hybridized carbons (Fsp3) is 0.250. The standard InChI is InChI=1S/C20H22N4/c1-6-14(3)24-16(5)23-19(17-9-7-13(2)8-10-17)20(24)18-11-12-21-15(4)22-18/h6-12H,1-5H3/b14-6-. The topological polar surface area (TPSA) is 43.6 Å². The van der Waals surface area contributed by atoms with Crippen LogP contribution in [-0.2, 0) is 0 Å². The molecule has 0 aliphatic heterocycles. The molecule has 0 saturated heterocycles. The molecule has 122 valence electrons. The number of aromatic nitrogens is 4. The number of imidazole rings is 1. The molecule has 0 atom stereocenters. The van der Waals surface area contributed by atoms with E-state index in [4.69, 9.17) is 4.98 Å². The Balaban J connectivity index is 2.32. The van der Waals surface area contributed by atoms with Gasteiger partial charge >= 0.3 is 0 Å². The summed E-state index contributed by atoms with van der Waals surface area (Å²) < 4.78 is 2.16. The first-order chi connectivity index (χ1) is 11.5.